The van der Waals surface area contributed by atoms with Crippen molar-refractivity contribution in [2.24, 2.45) is 7.05 Å². The third-order valence-corrected chi connectivity index (χ3v) is 5.68. The van der Waals surface area contributed by atoms with Crippen LogP contribution >= 0.6 is 0 Å². The van der Waals surface area contributed by atoms with Gasteiger partial charge in [0.2, 0.25) is 5.91 Å². The van der Waals surface area contributed by atoms with Crippen LogP contribution in [0.25, 0.3) is 10.9 Å². The largest absolute Gasteiger partial charge is 0.368 e. The van der Waals surface area contributed by atoms with Crippen LogP contribution in [0.15, 0.2) is 48.5 Å². The molecule has 0 radical (unpaired) electrons. The molecule has 1 aliphatic heterocycles. The lowest BCUT2D eigenvalue weighted by Gasteiger charge is -2.36. The van der Waals surface area contributed by atoms with E-state index in [9.17, 15) is 9.18 Å². The van der Waals surface area contributed by atoms with Gasteiger partial charge in [0.15, 0.2) is 0 Å². The highest BCUT2D eigenvalue weighted by Gasteiger charge is 2.23. The van der Waals surface area contributed by atoms with Crippen LogP contribution in [0.5, 0.6) is 0 Å². The molecule has 0 atom stereocenters. The number of aromatic nitrogens is 1. The van der Waals surface area contributed by atoms with Crippen molar-refractivity contribution in [1.29, 1.82) is 0 Å². The van der Waals surface area contributed by atoms with Crippen molar-refractivity contribution < 1.29 is 9.18 Å². The Morgan fingerprint density at radius 1 is 1.00 bits per heavy atom. The van der Waals surface area contributed by atoms with Crippen LogP contribution in [-0.2, 0) is 18.3 Å². The number of halogens is 1. The van der Waals surface area contributed by atoms with Gasteiger partial charge in [0.25, 0.3) is 0 Å². The Bertz CT molecular complexity index is 969. The Hall–Kier alpha value is -2.82. The monoisotopic (exact) mass is 365 g/mol. The molecule has 0 aliphatic carbocycles. The predicted octanol–water partition coefficient (Wildman–Crippen LogP) is 3.52. The molecule has 0 bridgehead atoms. The maximum atomic E-state index is 13.1. The minimum absolute atomic E-state index is 0.174. The van der Waals surface area contributed by atoms with Gasteiger partial charge >= 0.3 is 0 Å². The summed E-state index contributed by atoms with van der Waals surface area (Å²) in [5, 5.41) is 1.16. The zero-order chi connectivity index (χ0) is 19.0. The molecule has 1 fully saturated rings. The first-order chi connectivity index (χ1) is 13.0. The Balaban J connectivity index is 1.45. The van der Waals surface area contributed by atoms with Crippen LogP contribution in [-0.4, -0.2) is 41.6 Å². The second-order valence-electron chi connectivity index (χ2n) is 7.16. The van der Waals surface area contributed by atoms with E-state index in [0.29, 0.717) is 19.5 Å². The second kappa shape index (κ2) is 7.06. The van der Waals surface area contributed by atoms with Crippen molar-refractivity contribution in [3.63, 3.8) is 0 Å². The lowest BCUT2D eigenvalue weighted by atomic mass is 10.1. The summed E-state index contributed by atoms with van der Waals surface area (Å²) in [4.78, 5) is 17.1. The number of hydrogen-bond acceptors (Lipinski definition) is 2. The second-order valence-corrected chi connectivity index (χ2v) is 7.16. The van der Waals surface area contributed by atoms with Crippen LogP contribution < -0.4 is 4.90 Å². The summed E-state index contributed by atoms with van der Waals surface area (Å²) in [7, 11) is 2.05. The number of rotatable bonds is 3. The molecule has 1 saturated heterocycles. The van der Waals surface area contributed by atoms with Gasteiger partial charge in [-0.2, -0.15) is 0 Å². The van der Waals surface area contributed by atoms with E-state index in [1.807, 2.05) is 24.1 Å². The Morgan fingerprint density at radius 2 is 1.67 bits per heavy atom. The molecule has 1 amide bonds. The van der Waals surface area contributed by atoms with Gasteiger partial charge < -0.3 is 14.4 Å². The van der Waals surface area contributed by atoms with E-state index in [0.717, 1.165) is 35.4 Å². The molecule has 27 heavy (non-hydrogen) atoms. The molecule has 140 valence electrons. The molecule has 3 aromatic rings. The molecule has 0 saturated carbocycles. The van der Waals surface area contributed by atoms with Gasteiger partial charge in [0, 0.05) is 55.5 Å². The fraction of sp³-hybridized carbons (Fsp3) is 0.318. The average Bonchev–Trinajstić information content (AvgIpc) is 2.94. The van der Waals surface area contributed by atoms with E-state index in [4.69, 9.17) is 0 Å². The Labute approximate surface area is 158 Å². The highest BCUT2D eigenvalue weighted by molar-refractivity contribution is 5.90. The van der Waals surface area contributed by atoms with E-state index in [1.54, 1.807) is 12.1 Å². The van der Waals surface area contributed by atoms with Crippen molar-refractivity contribution in [1.82, 2.24) is 9.47 Å². The van der Waals surface area contributed by atoms with Crippen LogP contribution in [0.1, 0.15) is 11.3 Å². The third kappa shape index (κ3) is 3.29. The molecule has 4 rings (SSSR count). The maximum absolute atomic E-state index is 13.1. The number of fused-ring (bicyclic) bond motifs is 1. The molecule has 4 nitrogen and oxygen atoms in total. The smallest absolute Gasteiger partial charge is 0.227 e. The van der Waals surface area contributed by atoms with E-state index in [2.05, 4.69) is 28.5 Å². The molecule has 1 aliphatic rings. The highest BCUT2D eigenvalue weighted by Crippen LogP contribution is 2.26. The van der Waals surface area contributed by atoms with Crippen molar-refractivity contribution in [3.8, 4) is 0 Å². The van der Waals surface area contributed by atoms with Crippen LogP contribution in [0.4, 0.5) is 10.1 Å². The van der Waals surface area contributed by atoms with Gasteiger partial charge in [0.1, 0.15) is 5.82 Å². The lowest BCUT2D eigenvalue weighted by Crippen LogP contribution is -2.49. The number of benzene rings is 2. The summed E-state index contributed by atoms with van der Waals surface area (Å²) in [5.74, 6) is -0.0498. The fourth-order valence-electron chi connectivity index (χ4n) is 3.95. The number of piperazine rings is 1. The van der Waals surface area contributed by atoms with E-state index >= 15 is 0 Å². The van der Waals surface area contributed by atoms with Crippen molar-refractivity contribution in [2.75, 3.05) is 31.1 Å². The van der Waals surface area contributed by atoms with E-state index in [1.165, 1.54) is 17.6 Å². The highest BCUT2D eigenvalue weighted by atomic mass is 19.1. The fourth-order valence-corrected chi connectivity index (χ4v) is 3.95. The van der Waals surface area contributed by atoms with Crippen molar-refractivity contribution >= 4 is 22.5 Å². The molecule has 0 spiro atoms. The summed E-state index contributed by atoms with van der Waals surface area (Å²) >= 11 is 0. The number of hydrogen-bond donors (Lipinski definition) is 0. The third-order valence-electron chi connectivity index (χ3n) is 5.68. The summed E-state index contributed by atoms with van der Waals surface area (Å²) in [6.45, 7) is 5.01. The zero-order valence-corrected chi connectivity index (χ0v) is 15.8. The summed E-state index contributed by atoms with van der Waals surface area (Å²) < 4.78 is 15.3. The van der Waals surface area contributed by atoms with Gasteiger partial charge in [-0.3, -0.25) is 4.79 Å². The molecule has 0 unspecified atom stereocenters. The Kier molecular flexibility index (Phi) is 4.60. The average molecular weight is 365 g/mol. The van der Waals surface area contributed by atoms with E-state index < -0.39 is 0 Å². The molecule has 2 heterocycles. The normalized spacial score (nSPS) is 14.8. The molecular weight excluding hydrogens is 341 g/mol. The van der Waals surface area contributed by atoms with Crippen LogP contribution in [0.2, 0.25) is 0 Å². The van der Waals surface area contributed by atoms with Crippen molar-refractivity contribution in [2.45, 2.75) is 13.3 Å². The zero-order valence-electron chi connectivity index (χ0n) is 15.8. The van der Waals surface area contributed by atoms with Gasteiger partial charge in [0.05, 0.1) is 6.42 Å². The number of para-hydroxylation sites is 1. The maximum Gasteiger partial charge on any atom is 0.227 e. The van der Waals surface area contributed by atoms with Crippen LogP contribution in [0.3, 0.4) is 0 Å². The topological polar surface area (TPSA) is 28.5 Å². The molecule has 0 N–H and O–H groups in total. The number of aryl methyl sites for hydroxylation is 1. The number of anilines is 1. The molecule has 1 aromatic heterocycles. The first-order valence-corrected chi connectivity index (χ1v) is 9.36. The number of carbonyl (C=O) groups excluding carboxylic acids is 1. The lowest BCUT2D eigenvalue weighted by molar-refractivity contribution is -0.130. The van der Waals surface area contributed by atoms with Crippen LogP contribution in [0, 0.1) is 12.7 Å². The number of nitrogens with zero attached hydrogens (tertiary/aromatic N) is 3. The molecular formula is C22H24FN3O. The summed E-state index contributed by atoms with van der Waals surface area (Å²) in [6, 6.07) is 14.8. The minimum atomic E-state index is -0.224. The Morgan fingerprint density at radius 3 is 2.37 bits per heavy atom. The van der Waals surface area contributed by atoms with Gasteiger partial charge in [-0.15, -0.1) is 0 Å². The van der Waals surface area contributed by atoms with Crippen molar-refractivity contribution in [3.05, 3.63) is 65.6 Å². The van der Waals surface area contributed by atoms with E-state index in [-0.39, 0.29) is 11.7 Å². The summed E-state index contributed by atoms with van der Waals surface area (Å²) in [6.07, 6.45) is 0.434. The van der Waals surface area contributed by atoms with Gasteiger partial charge in [-0.25, -0.2) is 4.39 Å². The molecule has 5 heteroatoms. The number of amides is 1. The first kappa shape index (κ1) is 17.6. The summed E-state index contributed by atoms with van der Waals surface area (Å²) in [5.41, 5.74) is 4.45. The SMILES string of the molecule is Cc1c(CC(=O)N2CCN(c3ccc(F)cc3)CC2)c2ccccc2n1C. The number of carbonyl (C=O) groups is 1. The predicted molar refractivity (Wildman–Crippen MR) is 107 cm³/mol. The van der Waals surface area contributed by atoms with Gasteiger partial charge in [-0.1, -0.05) is 18.2 Å². The molecule has 2 aromatic carbocycles. The first-order valence-electron chi connectivity index (χ1n) is 9.36. The standard InChI is InChI=1S/C22H24FN3O/c1-16-20(19-5-3-4-6-21(19)24(16)2)15-22(27)26-13-11-25(12-14-26)18-9-7-17(23)8-10-18/h3-10H,11-15H2,1-2H3. The quantitative estimate of drug-likeness (QED) is 0.711. The minimum Gasteiger partial charge on any atom is -0.368 e. The van der Waals surface area contributed by atoms with Gasteiger partial charge in [-0.05, 0) is 42.8 Å².